The molecule has 0 aliphatic rings. The smallest absolute Gasteiger partial charge is 0.137 e. The number of nitrogens with zero attached hydrogens (tertiary/aromatic N) is 2. The Kier molecular flexibility index (Phi) is 4.12. The van der Waals surface area contributed by atoms with E-state index in [1.165, 1.54) is 0 Å². The fourth-order valence-electron chi connectivity index (χ4n) is 2.00. The Balaban J connectivity index is 2.32. The van der Waals surface area contributed by atoms with Crippen LogP contribution in [0, 0.1) is 13.8 Å². The summed E-state index contributed by atoms with van der Waals surface area (Å²) in [5.41, 5.74) is 3.38. The van der Waals surface area contributed by atoms with E-state index in [4.69, 9.17) is 4.74 Å². The van der Waals surface area contributed by atoms with Crippen molar-refractivity contribution in [3.8, 4) is 5.75 Å². The minimum atomic E-state index is -0.784. The standard InChI is InChI=1S/C15H18N2O2/c1-4-19-13-6-12(8-16-9-13)15(18)14-11(3)5-10(2)7-17-14/h5-9,15,18H,4H2,1-3H3. The van der Waals surface area contributed by atoms with Crippen LogP contribution >= 0.6 is 0 Å². The molecule has 0 spiro atoms. The Morgan fingerprint density at radius 1 is 1.21 bits per heavy atom. The molecule has 1 N–H and O–H groups in total. The first-order chi connectivity index (χ1) is 9.11. The second-order valence-corrected chi connectivity index (χ2v) is 4.50. The highest BCUT2D eigenvalue weighted by Gasteiger charge is 2.15. The highest BCUT2D eigenvalue weighted by molar-refractivity contribution is 5.33. The highest BCUT2D eigenvalue weighted by Crippen LogP contribution is 2.25. The molecule has 2 rings (SSSR count). The largest absolute Gasteiger partial charge is 0.492 e. The first-order valence-electron chi connectivity index (χ1n) is 6.30. The Hall–Kier alpha value is -1.94. The molecule has 2 heterocycles. The van der Waals surface area contributed by atoms with Crippen molar-refractivity contribution < 1.29 is 9.84 Å². The summed E-state index contributed by atoms with van der Waals surface area (Å²) in [6.07, 6.45) is 4.24. The van der Waals surface area contributed by atoms with E-state index in [9.17, 15) is 5.11 Å². The first kappa shape index (κ1) is 13.5. The summed E-state index contributed by atoms with van der Waals surface area (Å²) < 4.78 is 5.39. The summed E-state index contributed by atoms with van der Waals surface area (Å²) in [6.45, 7) is 6.41. The van der Waals surface area contributed by atoms with E-state index in [0.717, 1.165) is 11.1 Å². The molecular weight excluding hydrogens is 240 g/mol. The van der Waals surface area contributed by atoms with Crippen LogP contribution in [0.5, 0.6) is 5.75 Å². The number of hydrogen-bond acceptors (Lipinski definition) is 4. The van der Waals surface area contributed by atoms with Gasteiger partial charge in [-0.25, -0.2) is 0 Å². The lowest BCUT2D eigenvalue weighted by atomic mass is 10.0. The number of aliphatic hydroxyl groups excluding tert-OH is 1. The second kappa shape index (κ2) is 5.80. The molecule has 2 aromatic heterocycles. The predicted molar refractivity (Wildman–Crippen MR) is 73.2 cm³/mol. The van der Waals surface area contributed by atoms with E-state index in [1.807, 2.05) is 26.8 Å². The molecule has 0 saturated carbocycles. The molecule has 0 fully saturated rings. The molecule has 0 aliphatic carbocycles. The maximum absolute atomic E-state index is 10.4. The molecule has 0 saturated heterocycles. The lowest BCUT2D eigenvalue weighted by molar-refractivity contribution is 0.213. The molecule has 2 aromatic rings. The van der Waals surface area contributed by atoms with Crippen molar-refractivity contribution >= 4 is 0 Å². The third kappa shape index (κ3) is 3.09. The number of aromatic nitrogens is 2. The molecule has 0 radical (unpaired) electrons. The third-order valence-corrected chi connectivity index (χ3v) is 2.88. The van der Waals surface area contributed by atoms with Crippen LogP contribution < -0.4 is 4.74 Å². The van der Waals surface area contributed by atoms with Gasteiger partial charge in [0.1, 0.15) is 11.9 Å². The van der Waals surface area contributed by atoms with Crippen molar-refractivity contribution in [2.24, 2.45) is 0 Å². The Labute approximate surface area is 113 Å². The first-order valence-corrected chi connectivity index (χ1v) is 6.30. The SMILES string of the molecule is CCOc1cncc(C(O)c2ncc(C)cc2C)c1. The van der Waals surface area contributed by atoms with E-state index in [0.29, 0.717) is 23.6 Å². The summed E-state index contributed by atoms with van der Waals surface area (Å²) in [4.78, 5) is 8.40. The summed E-state index contributed by atoms with van der Waals surface area (Å²) in [7, 11) is 0. The van der Waals surface area contributed by atoms with Gasteiger partial charge >= 0.3 is 0 Å². The highest BCUT2D eigenvalue weighted by atomic mass is 16.5. The number of hydrogen-bond donors (Lipinski definition) is 1. The number of aryl methyl sites for hydroxylation is 2. The maximum atomic E-state index is 10.4. The van der Waals surface area contributed by atoms with Crippen LogP contribution in [0.25, 0.3) is 0 Å². The van der Waals surface area contributed by atoms with Gasteiger partial charge in [0.2, 0.25) is 0 Å². The minimum absolute atomic E-state index is 0.572. The normalized spacial score (nSPS) is 12.2. The lowest BCUT2D eigenvalue weighted by Gasteiger charge is -2.14. The van der Waals surface area contributed by atoms with Gasteiger partial charge in [-0.1, -0.05) is 6.07 Å². The van der Waals surface area contributed by atoms with Gasteiger partial charge in [-0.2, -0.15) is 0 Å². The summed E-state index contributed by atoms with van der Waals surface area (Å²) >= 11 is 0. The molecule has 1 unspecified atom stereocenters. The van der Waals surface area contributed by atoms with Crippen molar-refractivity contribution in [2.45, 2.75) is 26.9 Å². The van der Waals surface area contributed by atoms with Gasteiger partial charge in [-0.05, 0) is 38.0 Å². The van der Waals surface area contributed by atoms with Crippen LogP contribution in [0.1, 0.15) is 35.4 Å². The predicted octanol–water partition coefficient (Wildman–Crippen LogP) is 2.57. The Bertz CT molecular complexity index is 570. The van der Waals surface area contributed by atoms with Crippen molar-refractivity contribution in [3.63, 3.8) is 0 Å². The molecule has 0 aliphatic heterocycles. The molecule has 0 bridgehead atoms. The Morgan fingerprint density at radius 3 is 2.68 bits per heavy atom. The minimum Gasteiger partial charge on any atom is -0.492 e. The van der Waals surface area contributed by atoms with Crippen molar-refractivity contribution in [2.75, 3.05) is 6.61 Å². The number of ether oxygens (including phenoxy) is 1. The van der Waals surface area contributed by atoms with Crippen LogP contribution in [0.4, 0.5) is 0 Å². The number of rotatable bonds is 4. The number of pyridine rings is 2. The van der Waals surface area contributed by atoms with Crippen molar-refractivity contribution in [1.82, 2.24) is 9.97 Å². The summed E-state index contributed by atoms with van der Waals surface area (Å²) in [6, 6.07) is 3.80. The van der Waals surface area contributed by atoms with E-state index >= 15 is 0 Å². The fourth-order valence-corrected chi connectivity index (χ4v) is 2.00. The number of aliphatic hydroxyl groups is 1. The van der Waals surface area contributed by atoms with Gasteiger partial charge in [0.25, 0.3) is 0 Å². The van der Waals surface area contributed by atoms with Crippen molar-refractivity contribution in [1.29, 1.82) is 0 Å². The monoisotopic (exact) mass is 258 g/mol. The van der Waals surface area contributed by atoms with Crippen LogP contribution in [-0.4, -0.2) is 21.7 Å². The van der Waals surface area contributed by atoms with Gasteiger partial charge in [0, 0.05) is 18.0 Å². The molecular formula is C15H18N2O2. The molecule has 1 atom stereocenters. The molecule has 0 amide bonds. The molecule has 19 heavy (non-hydrogen) atoms. The molecule has 0 aromatic carbocycles. The van der Waals surface area contributed by atoms with Gasteiger partial charge in [0.05, 0.1) is 18.5 Å². The van der Waals surface area contributed by atoms with Crippen LogP contribution in [-0.2, 0) is 0 Å². The van der Waals surface area contributed by atoms with Gasteiger partial charge < -0.3 is 9.84 Å². The van der Waals surface area contributed by atoms with E-state index in [1.54, 1.807) is 24.7 Å². The summed E-state index contributed by atoms with van der Waals surface area (Å²) in [5.74, 6) is 0.656. The van der Waals surface area contributed by atoms with Crippen molar-refractivity contribution in [3.05, 3.63) is 53.1 Å². The van der Waals surface area contributed by atoms with E-state index in [2.05, 4.69) is 9.97 Å². The van der Waals surface area contributed by atoms with E-state index in [-0.39, 0.29) is 0 Å². The zero-order valence-corrected chi connectivity index (χ0v) is 11.4. The van der Waals surface area contributed by atoms with Gasteiger partial charge in [-0.3, -0.25) is 9.97 Å². The van der Waals surface area contributed by atoms with Crippen LogP contribution in [0.2, 0.25) is 0 Å². The quantitative estimate of drug-likeness (QED) is 0.915. The summed E-state index contributed by atoms with van der Waals surface area (Å²) in [5, 5.41) is 10.4. The lowest BCUT2D eigenvalue weighted by Crippen LogP contribution is -2.06. The zero-order valence-electron chi connectivity index (χ0n) is 11.4. The maximum Gasteiger partial charge on any atom is 0.137 e. The van der Waals surface area contributed by atoms with Crippen LogP contribution in [0.15, 0.2) is 30.7 Å². The molecule has 100 valence electrons. The topological polar surface area (TPSA) is 55.2 Å². The molecule has 4 heteroatoms. The second-order valence-electron chi connectivity index (χ2n) is 4.50. The van der Waals surface area contributed by atoms with Gasteiger partial charge in [0.15, 0.2) is 0 Å². The van der Waals surface area contributed by atoms with E-state index < -0.39 is 6.10 Å². The fraction of sp³-hybridized carbons (Fsp3) is 0.333. The third-order valence-electron chi connectivity index (χ3n) is 2.88. The van der Waals surface area contributed by atoms with Gasteiger partial charge in [-0.15, -0.1) is 0 Å². The average Bonchev–Trinajstić information content (AvgIpc) is 2.39. The zero-order chi connectivity index (χ0) is 13.8. The average molecular weight is 258 g/mol. The Morgan fingerprint density at radius 2 is 2.00 bits per heavy atom. The molecule has 4 nitrogen and oxygen atoms in total. The van der Waals surface area contributed by atoms with Crippen LogP contribution in [0.3, 0.4) is 0 Å².